The maximum atomic E-state index is 13.8. The van der Waals surface area contributed by atoms with Gasteiger partial charge in [-0.05, 0) is 61.8 Å². The summed E-state index contributed by atoms with van der Waals surface area (Å²) in [5, 5.41) is 5.60. The number of hydrogen-bond acceptors (Lipinski definition) is 3. The first-order valence-electron chi connectivity index (χ1n) is 8.77. The fourth-order valence-electron chi connectivity index (χ4n) is 3.52. The molecule has 0 spiro atoms. The molecule has 2 fully saturated rings. The number of likely N-dealkylation sites (tertiary alicyclic amines) is 1. The van der Waals surface area contributed by atoms with E-state index in [0.29, 0.717) is 0 Å². The highest BCUT2D eigenvalue weighted by Gasteiger charge is 2.27. The number of hydrogen-bond donors (Lipinski definition) is 2. The van der Waals surface area contributed by atoms with Gasteiger partial charge in [0.15, 0.2) is 0 Å². The Bertz CT molecular complexity index is 569. The van der Waals surface area contributed by atoms with Crippen LogP contribution in [0.15, 0.2) is 18.2 Å². The van der Waals surface area contributed by atoms with Crippen molar-refractivity contribution in [2.24, 2.45) is 0 Å². The molecule has 4 nitrogen and oxygen atoms in total. The Labute approximate surface area is 147 Å². The van der Waals surface area contributed by atoms with Gasteiger partial charge in [0.05, 0.1) is 5.69 Å². The molecule has 0 radical (unpaired) electrons. The molecule has 2 amide bonds. The van der Waals surface area contributed by atoms with Crippen LogP contribution in [0.2, 0.25) is 0 Å². The third kappa shape index (κ3) is 4.63. The first kappa shape index (κ1) is 17.5. The summed E-state index contributed by atoms with van der Waals surface area (Å²) < 4.78 is 13.8. The van der Waals surface area contributed by atoms with Crippen molar-refractivity contribution in [3.63, 3.8) is 0 Å². The molecule has 0 unspecified atom stereocenters. The maximum Gasteiger partial charge on any atom is 0.319 e. The quantitative estimate of drug-likeness (QED) is 0.874. The van der Waals surface area contributed by atoms with Crippen molar-refractivity contribution >= 4 is 23.5 Å². The van der Waals surface area contributed by atoms with Crippen LogP contribution < -0.4 is 10.6 Å². The smallest absolute Gasteiger partial charge is 0.319 e. The molecule has 0 saturated carbocycles. The van der Waals surface area contributed by atoms with Crippen LogP contribution in [0.1, 0.15) is 31.2 Å². The monoisotopic (exact) mass is 351 g/mol. The number of nitrogens with zero attached hydrogens (tertiary/aromatic N) is 1. The number of halogens is 1. The van der Waals surface area contributed by atoms with Crippen molar-refractivity contribution in [2.45, 2.75) is 44.7 Å². The average molecular weight is 351 g/mol. The molecule has 1 aromatic rings. The van der Waals surface area contributed by atoms with Crippen LogP contribution >= 0.6 is 11.8 Å². The van der Waals surface area contributed by atoms with E-state index < -0.39 is 5.82 Å². The van der Waals surface area contributed by atoms with E-state index in [1.165, 1.54) is 30.4 Å². The fraction of sp³-hybridized carbons (Fsp3) is 0.611. The number of carbonyl (C=O) groups is 1. The average Bonchev–Trinajstić information content (AvgIpc) is 2.59. The molecule has 1 aromatic carbocycles. The molecule has 0 aromatic heterocycles. The second-order valence-electron chi connectivity index (χ2n) is 6.74. The number of carbonyl (C=O) groups excluding carboxylic acids is 1. The van der Waals surface area contributed by atoms with Gasteiger partial charge in [-0.25, -0.2) is 9.18 Å². The van der Waals surface area contributed by atoms with E-state index in [0.717, 1.165) is 37.5 Å². The number of urea groups is 1. The SMILES string of the molecule is Cc1ccc(NC(=O)NC2CCN(C3CCSCC3)CC2)c(F)c1. The van der Waals surface area contributed by atoms with Crippen LogP contribution in [0.25, 0.3) is 0 Å². The topological polar surface area (TPSA) is 44.4 Å². The zero-order valence-corrected chi connectivity index (χ0v) is 15.0. The highest BCUT2D eigenvalue weighted by atomic mass is 32.2. The predicted octanol–water partition coefficient (Wildman–Crippen LogP) is 3.62. The third-order valence-electron chi connectivity index (χ3n) is 4.94. The second-order valence-corrected chi connectivity index (χ2v) is 7.96. The van der Waals surface area contributed by atoms with E-state index in [1.54, 1.807) is 12.1 Å². The zero-order chi connectivity index (χ0) is 16.9. The first-order valence-corrected chi connectivity index (χ1v) is 9.93. The number of thioether (sulfide) groups is 1. The van der Waals surface area contributed by atoms with Gasteiger partial charge in [0.1, 0.15) is 5.82 Å². The van der Waals surface area contributed by atoms with E-state index in [9.17, 15) is 9.18 Å². The number of benzene rings is 1. The highest BCUT2D eigenvalue weighted by molar-refractivity contribution is 7.99. The summed E-state index contributed by atoms with van der Waals surface area (Å²) in [6.07, 6.45) is 4.51. The molecule has 2 N–H and O–H groups in total. The Morgan fingerprint density at radius 1 is 1.21 bits per heavy atom. The van der Waals surface area contributed by atoms with Gasteiger partial charge >= 0.3 is 6.03 Å². The molecule has 6 heteroatoms. The minimum Gasteiger partial charge on any atom is -0.335 e. The lowest BCUT2D eigenvalue weighted by Crippen LogP contribution is -2.49. The standard InChI is InChI=1S/C18H26FN3OS/c1-13-2-3-17(16(19)12-13)21-18(23)20-14-4-8-22(9-5-14)15-6-10-24-11-7-15/h2-3,12,14-15H,4-11H2,1H3,(H2,20,21,23). The van der Waals surface area contributed by atoms with Gasteiger partial charge in [-0.1, -0.05) is 6.07 Å². The van der Waals surface area contributed by atoms with Crippen LogP contribution in [0.3, 0.4) is 0 Å². The molecular weight excluding hydrogens is 325 g/mol. The van der Waals surface area contributed by atoms with E-state index >= 15 is 0 Å². The normalized spacial score (nSPS) is 20.8. The molecule has 2 aliphatic rings. The molecule has 3 rings (SSSR count). The predicted molar refractivity (Wildman–Crippen MR) is 98.2 cm³/mol. The Morgan fingerprint density at radius 2 is 1.92 bits per heavy atom. The summed E-state index contributed by atoms with van der Waals surface area (Å²) in [6.45, 7) is 3.91. The number of nitrogens with one attached hydrogen (secondary N) is 2. The Hall–Kier alpha value is -1.27. The van der Waals surface area contributed by atoms with Crippen molar-refractivity contribution < 1.29 is 9.18 Å². The van der Waals surface area contributed by atoms with Crippen molar-refractivity contribution in [1.82, 2.24) is 10.2 Å². The van der Waals surface area contributed by atoms with Gasteiger partial charge in [-0.15, -0.1) is 0 Å². The van der Waals surface area contributed by atoms with Crippen LogP contribution in [0.5, 0.6) is 0 Å². The summed E-state index contributed by atoms with van der Waals surface area (Å²) in [5.41, 5.74) is 1.07. The molecule has 24 heavy (non-hydrogen) atoms. The number of rotatable bonds is 3. The largest absolute Gasteiger partial charge is 0.335 e. The van der Waals surface area contributed by atoms with Gasteiger partial charge in [0, 0.05) is 25.2 Å². The van der Waals surface area contributed by atoms with Crippen molar-refractivity contribution in [3.05, 3.63) is 29.6 Å². The van der Waals surface area contributed by atoms with E-state index in [-0.39, 0.29) is 17.8 Å². The Balaban J connectivity index is 1.44. The molecular formula is C18H26FN3OS. The van der Waals surface area contributed by atoms with Crippen LogP contribution in [0, 0.1) is 12.7 Å². The maximum absolute atomic E-state index is 13.8. The molecule has 2 heterocycles. The minimum absolute atomic E-state index is 0.174. The number of amides is 2. The number of aryl methyl sites for hydroxylation is 1. The van der Waals surface area contributed by atoms with Gasteiger partial charge in [-0.3, -0.25) is 0 Å². The lowest BCUT2D eigenvalue weighted by atomic mass is 10.0. The molecule has 0 aliphatic carbocycles. The fourth-order valence-corrected chi connectivity index (χ4v) is 4.61. The molecule has 0 bridgehead atoms. The van der Waals surface area contributed by atoms with E-state index in [4.69, 9.17) is 0 Å². The van der Waals surface area contributed by atoms with E-state index in [2.05, 4.69) is 27.3 Å². The van der Waals surface area contributed by atoms with Crippen LogP contribution in [0.4, 0.5) is 14.9 Å². The summed E-state index contributed by atoms with van der Waals surface area (Å²) in [6, 6.07) is 5.41. The lowest BCUT2D eigenvalue weighted by Gasteiger charge is -2.39. The zero-order valence-electron chi connectivity index (χ0n) is 14.2. The van der Waals surface area contributed by atoms with Gasteiger partial charge in [0.2, 0.25) is 0 Å². The summed E-state index contributed by atoms with van der Waals surface area (Å²) in [4.78, 5) is 14.7. The molecule has 2 saturated heterocycles. The van der Waals surface area contributed by atoms with Crippen molar-refractivity contribution in [2.75, 3.05) is 29.9 Å². The lowest BCUT2D eigenvalue weighted by molar-refractivity contribution is 0.138. The molecule has 2 aliphatic heterocycles. The van der Waals surface area contributed by atoms with Gasteiger partial charge in [-0.2, -0.15) is 11.8 Å². The number of piperidine rings is 1. The van der Waals surface area contributed by atoms with Gasteiger partial charge in [0.25, 0.3) is 0 Å². The summed E-state index contributed by atoms with van der Waals surface area (Å²) in [5.74, 6) is 2.15. The van der Waals surface area contributed by atoms with E-state index in [1.807, 2.05) is 6.92 Å². The highest BCUT2D eigenvalue weighted by Crippen LogP contribution is 2.24. The van der Waals surface area contributed by atoms with Gasteiger partial charge < -0.3 is 15.5 Å². The molecule has 0 atom stereocenters. The van der Waals surface area contributed by atoms with Crippen molar-refractivity contribution in [1.29, 1.82) is 0 Å². The molecule has 132 valence electrons. The van der Waals surface area contributed by atoms with Crippen molar-refractivity contribution in [3.8, 4) is 0 Å². The summed E-state index contributed by atoms with van der Waals surface area (Å²) >= 11 is 2.05. The second kappa shape index (κ2) is 8.21. The minimum atomic E-state index is -0.393. The van der Waals surface area contributed by atoms with Crippen LogP contribution in [-0.4, -0.2) is 47.6 Å². The number of anilines is 1. The Kier molecular flexibility index (Phi) is 6.00. The first-order chi connectivity index (χ1) is 11.6. The Morgan fingerprint density at radius 3 is 2.58 bits per heavy atom. The summed E-state index contributed by atoms with van der Waals surface area (Å²) in [7, 11) is 0. The van der Waals surface area contributed by atoms with Crippen LogP contribution in [-0.2, 0) is 0 Å². The third-order valence-corrected chi connectivity index (χ3v) is 5.99.